The first kappa shape index (κ1) is 30.5. The summed E-state index contributed by atoms with van der Waals surface area (Å²) in [6.45, 7) is 11.7. The number of fused-ring (bicyclic) bond motifs is 1. The number of aromatic nitrogens is 3. The van der Waals surface area contributed by atoms with E-state index in [0.29, 0.717) is 31.8 Å². The number of piperidine rings is 1. The summed E-state index contributed by atoms with van der Waals surface area (Å²) in [5.74, 6) is 0.844. The number of nitrogens with one attached hydrogen (secondary N) is 1. The van der Waals surface area contributed by atoms with Crippen molar-refractivity contribution < 1.29 is 19.4 Å². The highest BCUT2D eigenvalue weighted by atomic mass is 16.5. The lowest BCUT2D eigenvalue weighted by Gasteiger charge is -2.32. The van der Waals surface area contributed by atoms with Gasteiger partial charge in [-0.25, -0.2) is 4.98 Å². The monoisotopic (exact) mass is 565 g/mol. The van der Waals surface area contributed by atoms with Gasteiger partial charge >= 0.3 is 5.97 Å². The maximum atomic E-state index is 12.6. The van der Waals surface area contributed by atoms with E-state index in [-0.39, 0.29) is 23.3 Å². The molecule has 0 aliphatic carbocycles. The molecular weight excluding hydrogens is 522 g/mol. The van der Waals surface area contributed by atoms with Gasteiger partial charge in [0.15, 0.2) is 0 Å². The second-order valence-electron chi connectivity index (χ2n) is 11.8. The Labute approximate surface area is 241 Å². The van der Waals surface area contributed by atoms with Gasteiger partial charge < -0.3 is 23.9 Å². The number of aliphatic hydroxyl groups excluding tert-OH is 1. The largest absolute Gasteiger partial charge is 0.464 e. The van der Waals surface area contributed by atoms with Crippen LogP contribution >= 0.6 is 0 Å². The number of rotatable bonds is 10. The molecule has 10 nitrogen and oxygen atoms in total. The fourth-order valence-electron chi connectivity index (χ4n) is 5.46. The first-order valence-electron chi connectivity index (χ1n) is 14.4. The van der Waals surface area contributed by atoms with Crippen LogP contribution in [0.5, 0.6) is 0 Å². The quantitative estimate of drug-likeness (QED) is 0.363. The minimum absolute atomic E-state index is 0.0475. The summed E-state index contributed by atoms with van der Waals surface area (Å²) in [6.07, 6.45) is 2.85. The van der Waals surface area contributed by atoms with Gasteiger partial charge in [0.05, 0.1) is 23.7 Å². The molecule has 2 N–H and O–H groups in total. The molecule has 10 heteroatoms. The van der Waals surface area contributed by atoms with Crippen molar-refractivity contribution in [1.29, 1.82) is 0 Å². The highest BCUT2D eigenvalue weighted by Crippen LogP contribution is 2.29. The van der Waals surface area contributed by atoms with Crippen LogP contribution in [0.3, 0.4) is 0 Å². The van der Waals surface area contributed by atoms with Crippen molar-refractivity contribution in [3.63, 3.8) is 0 Å². The number of pyridine rings is 1. The third-order valence-corrected chi connectivity index (χ3v) is 7.66. The number of likely N-dealkylation sites (tertiary alicyclic amines) is 1. The van der Waals surface area contributed by atoms with E-state index >= 15 is 0 Å². The van der Waals surface area contributed by atoms with Crippen LogP contribution < -0.4 is 10.9 Å². The number of esters is 1. The summed E-state index contributed by atoms with van der Waals surface area (Å²) in [4.78, 5) is 44.0. The maximum absolute atomic E-state index is 12.6. The van der Waals surface area contributed by atoms with E-state index in [0.717, 1.165) is 47.4 Å². The van der Waals surface area contributed by atoms with Gasteiger partial charge in [-0.3, -0.25) is 19.7 Å². The molecule has 41 heavy (non-hydrogen) atoms. The minimum atomic E-state index is -0.918. The second-order valence-corrected chi connectivity index (χ2v) is 11.8. The maximum Gasteiger partial charge on any atom is 0.325 e. The molecule has 1 unspecified atom stereocenters. The van der Waals surface area contributed by atoms with E-state index in [4.69, 9.17) is 9.72 Å². The number of imidazole rings is 1. The van der Waals surface area contributed by atoms with Gasteiger partial charge in [-0.15, -0.1) is 0 Å². The predicted octanol–water partition coefficient (Wildman–Crippen LogP) is 3.01. The standard InChI is InChI=1S/C31H43N5O5/c1-19(2)18-41-31(40)28(21(4)37)32-14-23-9-10-26-27(13-23)36(16-24-8-7-11-35(15-24)22(5)38)29(33-26)25-12-20(3)30(39)34(6)17-25/h9-10,12-13,17,19,21,24,28,32,37H,7-8,11,14-16,18H2,1-6H3/t21-,24?,28+/m1/s1. The summed E-state index contributed by atoms with van der Waals surface area (Å²) in [6, 6.07) is 6.99. The molecule has 2 aromatic heterocycles. The van der Waals surface area contributed by atoms with Gasteiger partial charge in [0, 0.05) is 57.5 Å². The van der Waals surface area contributed by atoms with E-state index in [1.54, 1.807) is 32.4 Å². The highest BCUT2D eigenvalue weighted by Gasteiger charge is 2.26. The minimum Gasteiger partial charge on any atom is -0.464 e. The molecule has 0 saturated carbocycles. The van der Waals surface area contributed by atoms with Crippen molar-refractivity contribution in [3.8, 4) is 11.4 Å². The van der Waals surface area contributed by atoms with Crippen LogP contribution in [0.1, 0.15) is 51.7 Å². The van der Waals surface area contributed by atoms with Gasteiger partial charge in [-0.1, -0.05) is 19.9 Å². The van der Waals surface area contributed by atoms with Crippen LogP contribution in [0, 0.1) is 18.8 Å². The topological polar surface area (TPSA) is 119 Å². The third-order valence-electron chi connectivity index (χ3n) is 7.66. The van der Waals surface area contributed by atoms with Crippen LogP contribution in [0.25, 0.3) is 22.4 Å². The molecule has 1 amide bonds. The van der Waals surface area contributed by atoms with Gasteiger partial charge in [0.25, 0.3) is 5.56 Å². The smallest absolute Gasteiger partial charge is 0.325 e. The van der Waals surface area contributed by atoms with Gasteiger partial charge in [-0.05, 0) is 62.3 Å². The summed E-state index contributed by atoms with van der Waals surface area (Å²) in [5, 5.41) is 13.4. The fourth-order valence-corrected chi connectivity index (χ4v) is 5.46. The van der Waals surface area contributed by atoms with Gasteiger partial charge in [-0.2, -0.15) is 0 Å². The number of amides is 1. The summed E-state index contributed by atoms with van der Waals surface area (Å²) in [5.41, 5.74) is 4.12. The molecule has 4 rings (SSSR count). The summed E-state index contributed by atoms with van der Waals surface area (Å²) in [7, 11) is 1.74. The van der Waals surface area contributed by atoms with E-state index in [1.807, 2.05) is 43.1 Å². The van der Waals surface area contributed by atoms with Gasteiger partial charge in [0.1, 0.15) is 11.9 Å². The molecule has 3 aromatic rings. The van der Waals surface area contributed by atoms with Crippen molar-refractivity contribution in [2.24, 2.45) is 18.9 Å². The Balaban J connectivity index is 1.68. The van der Waals surface area contributed by atoms with Crippen molar-refractivity contribution in [2.75, 3.05) is 19.7 Å². The van der Waals surface area contributed by atoms with Gasteiger partial charge in [0.2, 0.25) is 5.91 Å². The number of carbonyl (C=O) groups is 2. The number of benzene rings is 1. The fraction of sp³-hybridized carbons (Fsp3) is 0.548. The van der Waals surface area contributed by atoms with Crippen molar-refractivity contribution in [1.82, 2.24) is 24.3 Å². The molecule has 0 spiro atoms. The average Bonchev–Trinajstić information content (AvgIpc) is 3.27. The number of aryl methyl sites for hydroxylation is 2. The lowest BCUT2D eigenvalue weighted by molar-refractivity contribution is -0.150. The molecule has 1 aliphatic rings. The van der Waals surface area contributed by atoms with Crippen molar-refractivity contribution >= 4 is 22.9 Å². The predicted molar refractivity (Wildman–Crippen MR) is 158 cm³/mol. The molecule has 0 radical (unpaired) electrons. The Morgan fingerprint density at radius 3 is 2.63 bits per heavy atom. The van der Waals surface area contributed by atoms with Crippen molar-refractivity contribution in [2.45, 2.75) is 72.7 Å². The van der Waals surface area contributed by atoms with E-state index in [9.17, 15) is 19.5 Å². The number of hydrogen-bond acceptors (Lipinski definition) is 7. The lowest BCUT2D eigenvalue weighted by atomic mass is 9.97. The number of ether oxygens (including phenoxy) is 1. The van der Waals surface area contributed by atoms with Crippen LogP contribution in [0.15, 0.2) is 35.3 Å². The molecule has 0 bridgehead atoms. The lowest BCUT2D eigenvalue weighted by Crippen LogP contribution is -2.45. The Bertz CT molecular complexity index is 1430. The van der Waals surface area contributed by atoms with E-state index in [2.05, 4.69) is 16.0 Å². The van der Waals surface area contributed by atoms with Crippen molar-refractivity contribution in [3.05, 3.63) is 51.9 Å². The Kier molecular flexibility index (Phi) is 9.65. The number of hydrogen-bond donors (Lipinski definition) is 2. The zero-order chi connectivity index (χ0) is 29.8. The Morgan fingerprint density at radius 2 is 1.98 bits per heavy atom. The van der Waals surface area contributed by atoms with Crippen LogP contribution in [0.4, 0.5) is 0 Å². The molecule has 1 fully saturated rings. The number of aliphatic hydroxyl groups is 1. The van der Waals surface area contributed by atoms with E-state index in [1.165, 1.54) is 0 Å². The van der Waals surface area contributed by atoms with Crippen LogP contribution in [0.2, 0.25) is 0 Å². The molecule has 1 aliphatic heterocycles. The SMILES string of the molecule is CC(=O)N1CCCC(Cn2c(-c3cc(C)c(=O)n(C)c3)nc3ccc(CN[C@H](C(=O)OCC(C)C)[C@@H](C)O)cc32)C1. The molecule has 1 saturated heterocycles. The molecule has 222 valence electrons. The second kappa shape index (κ2) is 13.0. The third kappa shape index (κ3) is 7.23. The number of carbonyl (C=O) groups excluding carboxylic acids is 2. The molecule has 3 heterocycles. The van der Waals surface area contributed by atoms with Crippen LogP contribution in [-0.2, 0) is 34.5 Å². The zero-order valence-electron chi connectivity index (χ0n) is 25.0. The van der Waals surface area contributed by atoms with Crippen LogP contribution in [-0.4, -0.2) is 67.8 Å². The molecule has 1 aromatic carbocycles. The molecular formula is C31H43N5O5. The van der Waals surface area contributed by atoms with E-state index < -0.39 is 18.1 Å². The Hall–Kier alpha value is -3.50. The highest BCUT2D eigenvalue weighted by molar-refractivity contribution is 5.81. The summed E-state index contributed by atoms with van der Waals surface area (Å²) >= 11 is 0. The summed E-state index contributed by atoms with van der Waals surface area (Å²) < 4.78 is 9.14. The average molecular weight is 566 g/mol. The first-order valence-corrected chi connectivity index (χ1v) is 14.4. The Morgan fingerprint density at radius 1 is 1.22 bits per heavy atom. The number of nitrogens with zero attached hydrogens (tertiary/aromatic N) is 4. The first-order chi connectivity index (χ1) is 19.4. The normalized spacial score (nSPS) is 17.2. The molecule has 3 atom stereocenters. The zero-order valence-corrected chi connectivity index (χ0v) is 25.0.